The topological polar surface area (TPSA) is 64.7 Å². The molecule has 0 saturated carbocycles. The van der Waals surface area contributed by atoms with Gasteiger partial charge in [0.15, 0.2) is 11.6 Å². The van der Waals surface area contributed by atoms with Crippen molar-refractivity contribution in [3.8, 4) is 0 Å². The maximum atomic E-state index is 5.77. The molecule has 112 valence electrons. The third-order valence-corrected chi connectivity index (χ3v) is 3.14. The Morgan fingerprint density at radius 1 is 0.565 bits per heavy atom. The molecule has 0 radical (unpaired) electrons. The molecule has 1 heterocycles. The van der Waals surface area contributed by atoms with Crippen molar-refractivity contribution in [3.05, 3.63) is 83.4 Å². The number of aromatic nitrogens is 3. The summed E-state index contributed by atoms with van der Waals surface area (Å²) in [5.41, 5.74) is 7.92. The number of nitrogen functional groups attached to an aromatic ring is 1. The quantitative estimate of drug-likeness (QED) is 0.796. The van der Waals surface area contributed by atoms with E-state index in [1.165, 1.54) is 0 Å². The smallest absolute Gasteiger partial charge is 0.224 e. The van der Waals surface area contributed by atoms with E-state index in [4.69, 9.17) is 5.73 Å². The zero-order valence-electron chi connectivity index (χ0n) is 12.5. The Balaban J connectivity index is 1.82. The molecule has 23 heavy (non-hydrogen) atoms. The Hall–Kier alpha value is -3.27. The number of rotatable bonds is 4. The lowest BCUT2D eigenvalue weighted by Crippen LogP contribution is -2.01. The van der Waals surface area contributed by atoms with E-state index in [1.807, 2.05) is 85.0 Å². The van der Waals surface area contributed by atoms with Crippen molar-refractivity contribution < 1.29 is 0 Å². The van der Waals surface area contributed by atoms with Gasteiger partial charge in [0.2, 0.25) is 5.95 Å². The summed E-state index contributed by atoms with van der Waals surface area (Å²) < 4.78 is 0. The van der Waals surface area contributed by atoms with Crippen molar-refractivity contribution in [2.45, 2.75) is 0 Å². The van der Waals surface area contributed by atoms with Gasteiger partial charge < -0.3 is 5.73 Å². The summed E-state index contributed by atoms with van der Waals surface area (Å²) in [6, 6.07) is 19.9. The van der Waals surface area contributed by atoms with Crippen molar-refractivity contribution >= 4 is 30.3 Å². The van der Waals surface area contributed by atoms with Gasteiger partial charge in [0.05, 0.1) is 0 Å². The molecule has 0 aliphatic heterocycles. The summed E-state index contributed by atoms with van der Waals surface area (Å²) in [5.74, 6) is 1.28. The Morgan fingerprint density at radius 3 is 1.43 bits per heavy atom. The number of anilines is 1. The van der Waals surface area contributed by atoms with E-state index in [1.54, 1.807) is 0 Å². The van der Waals surface area contributed by atoms with E-state index in [2.05, 4.69) is 15.0 Å². The molecular formula is C19H16N4. The summed E-state index contributed by atoms with van der Waals surface area (Å²) in [4.78, 5) is 12.7. The van der Waals surface area contributed by atoms with Crippen molar-refractivity contribution in [1.29, 1.82) is 0 Å². The molecule has 3 aromatic rings. The fourth-order valence-electron chi connectivity index (χ4n) is 2.05. The number of nitrogens with zero attached hydrogens (tertiary/aromatic N) is 3. The van der Waals surface area contributed by atoms with E-state index in [9.17, 15) is 0 Å². The fraction of sp³-hybridized carbons (Fsp3) is 0. The number of hydrogen-bond donors (Lipinski definition) is 1. The van der Waals surface area contributed by atoms with Gasteiger partial charge in [-0.25, -0.2) is 4.98 Å². The first-order valence-electron chi connectivity index (χ1n) is 7.27. The molecule has 0 amide bonds. The third kappa shape index (κ3) is 4.35. The van der Waals surface area contributed by atoms with Gasteiger partial charge in [0.1, 0.15) is 0 Å². The number of hydrogen-bond acceptors (Lipinski definition) is 4. The van der Waals surface area contributed by atoms with Crippen LogP contribution in [-0.2, 0) is 0 Å². The van der Waals surface area contributed by atoms with Crippen LogP contribution in [0.15, 0.2) is 60.7 Å². The zero-order valence-corrected chi connectivity index (χ0v) is 12.5. The molecule has 2 aromatic carbocycles. The predicted molar refractivity (Wildman–Crippen MR) is 95.0 cm³/mol. The van der Waals surface area contributed by atoms with Gasteiger partial charge in [-0.15, -0.1) is 0 Å². The summed E-state index contributed by atoms with van der Waals surface area (Å²) in [5, 5.41) is 0. The van der Waals surface area contributed by atoms with Crippen LogP contribution in [0.4, 0.5) is 5.95 Å². The SMILES string of the molecule is Nc1nc(/C=C/c2ccccc2)nc(/C=C/c2ccccc2)n1. The van der Waals surface area contributed by atoms with Crippen LogP contribution in [0.25, 0.3) is 24.3 Å². The number of benzene rings is 2. The van der Waals surface area contributed by atoms with Crippen molar-refractivity contribution in [2.75, 3.05) is 5.73 Å². The Kier molecular flexibility index (Phi) is 4.55. The molecular weight excluding hydrogens is 284 g/mol. The highest BCUT2D eigenvalue weighted by Gasteiger charge is 1.99. The van der Waals surface area contributed by atoms with Crippen LogP contribution in [0.2, 0.25) is 0 Å². The molecule has 0 aliphatic rings. The maximum Gasteiger partial charge on any atom is 0.224 e. The Bertz CT molecular complexity index is 757. The average molecular weight is 300 g/mol. The van der Waals surface area contributed by atoms with E-state index < -0.39 is 0 Å². The molecule has 2 N–H and O–H groups in total. The molecule has 0 unspecified atom stereocenters. The minimum absolute atomic E-state index is 0.209. The molecule has 0 spiro atoms. The second-order valence-electron chi connectivity index (χ2n) is 4.90. The highest BCUT2D eigenvalue weighted by Crippen LogP contribution is 2.08. The van der Waals surface area contributed by atoms with E-state index >= 15 is 0 Å². The first-order valence-corrected chi connectivity index (χ1v) is 7.27. The third-order valence-electron chi connectivity index (χ3n) is 3.14. The van der Waals surface area contributed by atoms with Crippen LogP contribution in [0.5, 0.6) is 0 Å². The molecule has 1 aromatic heterocycles. The van der Waals surface area contributed by atoms with Crippen LogP contribution in [0, 0.1) is 0 Å². The van der Waals surface area contributed by atoms with Gasteiger partial charge in [0.25, 0.3) is 0 Å². The van der Waals surface area contributed by atoms with Crippen molar-refractivity contribution in [3.63, 3.8) is 0 Å². The lowest BCUT2D eigenvalue weighted by atomic mass is 10.2. The Morgan fingerprint density at radius 2 is 1.00 bits per heavy atom. The minimum Gasteiger partial charge on any atom is -0.368 e. The highest BCUT2D eigenvalue weighted by molar-refractivity contribution is 5.69. The monoisotopic (exact) mass is 300 g/mol. The van der Waals surface area contributed by atoms with Crippen LogP contribution in [-0.4, -0.2) is 15.0 Å². The summed E-state index contributed by atoms with van der Waals surface area (Å²) in [6.45, 7) is 0. The van der Waals surface area contributed by atoms with E-state index in [0.717, 1.165) is 11.1 Å². The summed E-state index contributed by atoms with van der Waals surface area (Å²) >= 11 is 0. The van der Waals surface area contributed by atoms with Crippen LogP contribution < -0.4 is 5.73 Å². The molecule has 4 nitrogen and oxygen atoms in total. The second kappa shape index (κ2) is 7.13. The molecule has 3 rings (SSSR count). The molecule has 0 atom stereocenters. The van der Waals surface area contributed by atoms with Gasteiger partial charge in [-0.1, -0.05) is 72.8 Å². The van der Waals surface area contributed by atoms with Crippen LogP contribution in [0.3, 0.4) is 0 Å². The van der Waals surface area contributed by atoms with Gasteiger partial charge in [-0.3, -0.25) is 0 Å². The maximum absolute atomic E-state index is 5.77. The summed E-state index contributed by atoms with van der Waals surface area (Å²) in [7, 11) is 0. The normalized spacial score (nSPS) is 11.3. The van der Waals surface area contributed by atoms with Gasteiger partial charge in [0, 0.05) is 0 Å². The molecule has 0 fully saturated rings. The second-order valence-corrected chi connectivity index (χ2v) is 4.90. The van der Waals surface area contributed by atoms with E-state index in [-0.39, 0.29) is 5.95 Å². The Labute approximate surface area is 135 Å². The fourth-order valence-corrected chi connectivity index (χ4v) is 2.05. The lowest BCUT2D eigenvalue weighted by molar-refractivity contribution is 1.02. The zero-order chi connectivity index (χ0) is 15.9. The van der Waals surface area contributed by atoms with Crippen molar-refractivity contribution in [1.82, 2.24) is 15.0 Å². The molecule has 4 heteroatoms. The summed E-state index contributed by atoms with van der Waals surface area (Å²) in [6.07, 6.45) is 7.54. The van der Waals surface area contributed by atoms with Gasteiger partial charge in [-0.2, -0.15) is 9.97 Å². The lowest BCUT2D eigenvalue weighted by Gasteiger charge is -1.99. The molecule has 0 saturated heterocycles. The minimum atomic E-state index is 0.209. The van der Waals surface area contributed by atoms with Crippen LogP contribution >= 0.6 is 0 Å². The van der Waals surface area contributed by atoms with Crippen LogP contribution in [0.1, 0.15) is 22.8 Å². The molecule has 0 aliphatic carbocycles. The first-order chi connectivity index (χ1) is 11.3. The van der Waals surface area contributed by atoms with Gasteiger partial charge >= 0.3 is 0 Å². The van der Waals surface area contributed by atoms with Crippen molar-refractivity contribution in [2.24, 2.45) is 0 Å². The van der Waals surface area contributed by atoms with Gasteiger partial charge in [-0.05, 0) is 23.3 Å². The van der Waals surface area contributed by atoms with E-state index in [0.29, 0.717) is 11.6 Å². The standard InChI is InChI=1S/C19H16N4/c20-19-22-17(13-11-15-7-3-1-4-8-15)21-18(23-19)14-12-16-9-5-2-6-10-16/h1-14H,(H2,20,21,22,23)/b13-11+,14-12+. The molecule has 0 bridgehead atoms. The number of nitrogens with two attached hydrogens (primary N) is 1. The first kappa shape index (κ1) is 14.7. The average Bonchev–Trinajstić information content (AvgIpc) is 2.60. The highest BCUT2D eigenvalue weighted by atomic mass is 15.1. The predicted octanol–water partition coefficient (Wildman–Crippen LogP) is 3.79. The largest absolute Gasteiger partial charge is 0.368 e.